The third kappa shape index (κ3) is 4.55. The molecule has 5 nitrogen and oxygen atoms in total. The topological polar surface area (TPSA) is 54.0 Å². The highest BCUT2D eigenvalue weighted by Crippen LogP contribution is 2.40. The second-order valence-electron chi connectivity index (χ2n) is 4.48. The average molecular weight is 380 g/mol. The summed E-state index contributed by atoms with van der Waals surface area (Å²) in [5.74, 6) is -11.0. The molecule has 1 atom stereocenters. The van der Waals surface area contributed by atoms with E-state index < -0.39 is 62.8 Å². The van der Waals surface area contributed by atoms with E-state index in [-0.39, 0.29) is 0 Å². The Bertz CT molecular complexity index is 456. The zero-order valence-electron chi connectivity index (χ0n) is 11.3. The number of cyclic esters (lactones) is 2. The Labute approximate surface area is 127 Å². The summed E-state index contributed by atoms with van der Waals surface area (Å²) in [5, 5.41) is 0. The van der Waals surface area contributed by atoms with Crippen molar-refractivity contribution in [3.63, 3.8) is 0 Å². The van der Waals surface area contributed by atoms with Gasteiger partial charge in [-0.15, -0.1) is 0 Å². The fraction of sp³-hybridized carbons (Fsp3) is 0.900. The number of hydrogen-bond acceptors (Lipinski definition) is 5. The molecule has 1 heterocycles. The van der Waals surface area contributed by atoms with Gasteiger partial charge in [0.1, 0.15) is 13.2 Å². The molecule has 0 spiro atoms. The molecule has 1 saturated heterocycles. The Balaban J connectivity index is 2.62. The van der Waals surface area contributed by atoms with Crippen LogP contribution in [0.25, 0.3) is 0 Å². The van der Waals surface area contributed by atoms with Crippen LogP contribution >= 0.6 is 0 Å². The van der Waals surface area contributed by atoms with Gasteiger partial charge in [0, 0.05) is 0 Å². The number of rotatable bonds is 9. The van der Waals surface area contributed by atoms with Crippen molar-refractivity contribution in [2.24, 2.45) is 0 Å². The van der Waals surface area contributed by atoms with Crippen LogP contribution in [0, 0.1) is 0 Å². The van der Waals surface area contributed by atoms with Crippen LogP contribution in [0.3, 0.4) is 0 Å². The number of alkyl halides is 9. The van der Waals surface area contributed by atoms with E-state index in [1.807, 2.05) is 0 Å². The Hall–Kier alpha value is -1.44. The molecule has 0 saturated carbocycles. The largest absolute Gasteiger partial charge is 0.508 e. The molecule has 0 N–H and O–H groups in total. The van der Waals surface area contributed by atoms with E-state index in [1.54, 1.807) is 0 Å². The van der Waals surface area contributed by atoms with E-state index in [1.165, 1.54) is 0 Å². The fourth-order valence-electron chi connectivity index (χ4n) is 1.20. The molecule has 1 aliphatic rings. The fourth-order valence-corrected chi connectivity index (χ4v) is 1.20. The van der Waals surface area contributed by atoms with Crippen LogP contribution in [0.1, 0.15) is 0 Å². The standard InChI is InChI=1S/C10H9F9O5/c11-3-7(12,13)9(16,17)23-4-8(14,15)10(18,19)22-2-5-1-21-6(20)24-5/h5H,1-4H2. The summed E-state index contributed by atoms with van der Waals surface area (Å²) in [7, 11) is 0. The normalized spacial score (nSPS) is 20.0. The molecule has 1 unspecified atom stereocenters. The molecule has 1 rings (SSSR count). The van der Waals surface area contributed by atoms with Crippen molar-refractivity contribution >= 4 is 6.16 Å². The van der Waals surface area contributed by atoms with Crippen molar-refractivity contribution in [2.75, 3.05) is 26.5 Å². The maximum absolute atomic E-state index is 13.2. The molecule has 0 aromatic heterocycles. The summed E-state index contributed by atoms with van der Waals surface area (Å²) in [6, 6.07) is 0. The van der Waals surface area contributed by atoms with Crippen molar-refractivity contribution in [2.45, 2.75) is 30.2 Å². The van der Waals surface area contributed by atoms with Gasteiger partial charge in [-0.3, -0.25) is 0 Å². The zero-order valence-corrected chi connectivity index (χ0v) is 11.3. The predicted molar refractivity (Wildman–Crippen MR) is 53.9 cm³/mol. The lowest BCUT2D eigenvalue weighted by Crippen LogP contribution is -2.52. The number of ether oxygens (including phenoxy) is 4. The SMILES string of the molecule is O=C1OCC(COC(F)(F)C(F)(F)COC(F)(F)C(F)(F)CF)O1. The maximum Gasteiger partial charge on any atom is 0.508 e. The first-order valence-corrected chi connectivity index (χ1v) is 5.93. The van der Waals surface area contributed by atoms with Crippen LogP contribution < -0.4 is 0 Å². The summed E-state index contributed by atoms with van der Waals surface area (Å²) < 4.78 is 129. The molecular weight excluding hydrogens is 371 g/mol. The Morgan fingerprint density at radius 2 is 1.50 bits per heavy atom. The quantitative estimate of drug-likeness (QED) is 0.455. The molecular formula is C10H9F9O5. The Morgan fingerprint density at radius 1 is 0.958 bits per heavy atom. The van der Waals surface area contributed by atoms with Gasteiger partial charge in [0.15, 0.2) is 12.8 Å². The minimum absolute atomic E-state index is 0.586. The van der Waals surface area contributed by atoms with Gasteiger partial charge in [-0.2, -0.15) is 35.1 Å². The van der Waals surface area contributed by atoms with Gasteiger partial charge in [-0.05, 0) is 0 Å². The Morgan fingerprint density at radius 3 is 1.96 bits per heavy atom. The van der Waals surface area contributed by atoms with Crippen molar-refractivity contribution < 1.29 is 63.3 Å². The lowest BCUT2D eigenvalue weighted by molar-refractivity contribution is -0.400. The smallest absolute Gasteiger partial charge is 0.430 e. The number of halogens is 9. The van der Waals surface area contributed by atoms with E-state index in [2.05, 4.69) is 18.9 Å². The molecule has 0 aliphatic carbocycles. The van der Waals surface area contributed by atoms with E-state index in [0.717, 1.165) is 0 Å². The molecule has 1 aliphatic heterocycles. The number of hydrogen-bond donors (Lipinski definition) is 0. The molecule has 0 aromatic carbocycles. The number of carbonyl (C=O) groups is 1. The highest BCUT2D eigenvalue weighted by molar-refractivity contribution is 5.61. The summed E-state index contributed by atoms with van der Waals surface area (Å²) in [5.41, 5.74) is 0. The van der Waals surface area contributed by atoms with Crippen LogP contribution in [-0.4, -0.2) is 62.8 Å². The van der Waals surface area contributed by atoms with Gasteiger partial charge in [0.05, 0.1) is 6.61 Å². The van der Waals surface area contributed by atoms with Gasteiger partial charge < -0.3 is 18.9 Å². The predicted octanol–water partition coefficient (Wildman–Crippen LogP) is 2.98. The van der Waals surface area contributed by atoms with Gasteiger partial charge in [0.25, 0.3) is 0 Å². The highest BCUT2D eigenvalue weighted by Gasteiger charge is 2.64. The van der Waals surface area contributed by atoms with Crippen LogP contribution in [0.2, 0.25) is 0 Å². The molecule has 1 fully saturated rings. The van der Waals surface area contributed by atoms with Crippen molar-refractivity contribution in [1.82, 2.24) is 0 Å². The first kappa shape index (κ1) is 20.6. The molecule has 0 aromatic rings. The molecule has 142 valence electrons. The van der Waals surface area contributed by atoms with E-state index in [4.69, 9.17) is 0 Å². The zero-order chi connectivity index (χ0) is 18.8. The van der Waals surface area contributed by atoms with E-state index >= 15 is 0 Å². The summed E-state index contributed by atoms with van der Waals surface area (Å²) in [4.78, 5) is 10.5. The van der Waals surface area contributed by atoms with Crippen LogP contribution in [-0.2, 0) is 18.9 Å². The summed E-state index contributed by atoms with van der Waals surface area (Å²) >= 11 is 0. The third-order valence-electron chi connectivity index (χ3n) is 2.55. The van der Waals surface area contributed by atoms with Gasteiger partial charge >= 0.3 is 30.2 Å². The molecule has 0 radical (unpaired) electrons. The van der Waals surface area contributed by atoms with Gasteiger partial charge in [-0.1, -0.05) is 0 Å². The van der Waals surface area contributed by atoms with Gasteiger partial charge in [0.2, 0.25) is 0 Å². The Kier molecular flexibility index (Phi) is 5.85. The van der Waals surface area contributed by atoms with Crippen molar-refractivity contribution in [1.29, 1.82) is 0 Å². The number of carbonyl (C=O) groups excluding carboxylic acids is 1. The van der Waals surface area contributed by atoms with Crippen LogP contribution in [0.15, 0.2) is 0 Å². The molecule has 14 heteroatoms. The van der Waals surface area contributed by atoms with Gasteiger partial charge in [-0.25, -0.2) is 9.18 Å². The van der Waals surface area contributed by atoms with Crippen LogP contribution in [0.5, 0.6) is 0 Å². The highest BCUT2D eigenvalue weighted by atomic mass is 19.3. The van der Waals surface area contributed by atoms with Crippen LogP contribution in [0.4, 0.5) is 44.3 Å². The lowest BCUT2D eigenvalue weighted by Gasteiger charge is -2.29. The van der Waals surface area contributed by atoms with E-state index in [9.17, 15) is 44.3 Å². The first-order chi connectivity index (χ1) is 10.7. The average Bonchev–Trinajstić information content (AvgIpc) is 2.88. The monoisotopic (exact) mass is 380 g/mol. The van der Waals surface area contributed by atoms with Crippen molar-refractivity contribution in [3.8, 4) is 0 Å². The molecule has 24 heavy (non-hydrogen) atoms. The second-order valence-corrected chi connectivity index (χ2v) is 4.48. The second kappa shape index (κ2) is 6.82. The summed E-state index contributed by atoms with van der Waals surface area (Å²) in [6.45, 7) is -7.75. The van der Waals surface area contributed by atoms with Crippen molar-refractivity contribution in [3.05, 3.63) is 0 Å². The summed E-state index contributed by atoms with van der Waals surface area (Å²) in [6.07, 6.45) is -13.9. The first-order valence-electron chi connectivity index (χ1n) is 5.93. The van der Waals surface area contributed by atoms with E-state index in [0.29, 0.717) is 0 Å². The maximum atomic E-state index is 13.2. The molecule has 0 bridgehead atoms. The lowest BCUT2D eigenvalue weighted by atomic mass is 10.3. The minimum atomic E-state index is -5.75. The third-order valence-corrected chi connectivity index (χ3v) is 2.55. The molecule has 0 amide bonds. The minimum Gasteiger partial charge on any atom is -0.430 e.